The predicted octanol–water partition coefficient (Wildman–Crippen LogP) is 0.787. The molecule has 0 bridgehead atoms. The summed E-state index contributed by atoms with van der Waals surface area (Å²) in [4.78, 5) is 21.0. The number of carbonyl (C=O) groups is 2. The number of hydrogen-bond acceptors (Lipinski definition) is 3. The van der Waals surface area contributed by atoms with Gasteiger partial charge in [-0.2, -0.15) is 0 Å². The Labute approximate surface area is 91.7 Å². The normalized spacial score (nSPS) is 8.81. The second kappa shape index (κ2) is 4.84. The van der Waals surface area contributed by atoms with E-state index in [9.17, 15) is 14.7 Å². The van der Waals surface area contributed by atoms with Gasteiger partial charge in [0.2, 0.25) is 5.91 Å². The molecule has 1 aromatic carbocycles. The maximum Gasteiger partial charge on any atom is 0.382 e. The van der Waals surface area contributed by atoms with Crippen molar-refractivity contribution in [3.05, 3.63) is 23.8 Å². The van der Waals surface area contributed by atoms with Crippen molar-refractivity contribution >= 4 is 17.6 Å². The standard InChI is InChI=1S/C11H9NO4/c1-7(13)12-9-3-4-10(14)8(6-9)2-5-11(15)16/h3-4,6,14H,1H3,(H,12,13)(H,15,16). The van der Waals surface area contributed by atoms with E-state index in [0.717, 1.165) is 0 Å². The van der Waals surface area contributed by atoms with Crippen LogP contribution in [-0.4, -0.2) is 22.1 Å². The van der Waals surface area contributed by atoms with Gasteiger partial charge in [0, 0.05) is 18.5 Å². The van der Waals surface area contributed by atoms with E-state index in [-0.39, 0.29) is 17.2 Å². The van der Waals surface area contributed by atoms with Crippen LogP contribution in [0.3, 0.4) is 0 Å². The molecular weight excluding hydrogens is 210 g/mol. The summed E-state index contributed by atoms with van der Waals surface area (Å²) in [5, 5.41) is 20.2. The molecule has 0 radical (unpaired) electrons. The molecule has 0 unspecified atom stereocenters. The summed E-state index contributed by atoms with van der Waals surface area (Å²) >= 11 is 0. The Morgan fingerprint density at radius 3 is 2.62 bits per heavy atom. The van der Waals surface area contributed by atoms with Gasteiger partial charge >= 0.3 is 5.97 Å². The van der Waals surface area contributed by atoms with Crippen molar-refractivity contribution in [2.24, 2.45) is 0 Å². The van der Waals surface area contributed by atoms with E-state index in [1.54, 1.807) is 0 Å². The number of carboxylic acid groups (broad SMARTS) is 1. The molecular formula is C11H9NO4. The lowest BCUT2D eigenvalue weighted by Crippen LogP contribution is -2.05. The van der Waals surface area contributed by atoms with Gasteiger partial charge in [-0.15, -0.1) is 0 Å². The lowest BCUT2D eigenvalue weighted by Gasteiger charge is -2.03. The first-order valence-electron chi connectivity index (χ1n) is 4.34. The van der Waals surface area contributed by atoms with Crippen LogP contribution in [0.5, 0.6) is 5.75 Å². The molecule has 0 heterocycles. The minimum absolute atomic E-state index is 0.136. The number of aliphatic carboxylic acids is 1. The quantitative estimate of drug-likeness (QED) is 0.481. The lowest BCUT2D eigenvalue weighted by atomic mass is 10.2. The highest BCUT2D eigenvalue weighted by molar-refractivity contribution is 5.90. The third kappa shape index (κ3) is 3.35. The molecule has 1 amide bonds. The van der Waals surface area contributed by atoms with Crippen LogP contribution >= 0.6 is 0 Å². The largest absolute Gasteiger partial charge is 0.507 e. The first-order valence-corrected chi connectivity index (χ1v) is 4.34. The number of phenolic OH excluding ortho intramolecular Hbond substituents is 1. The predicted molar refractivity (Wildman–Crippen MR) is 56.9 cm³/mol. The zero-order chi connectivity index (χ0) is 12.1. The molecule has 5 heteroatoms. The summed E-state index contributed by atoms with van der Waals surface area (Å²) in [6.07, 6.45) is 0. The first kappa shape index (κ1) is 11.6. The van der Waals surface area contributed by atoms with Gasteiger partial charge in [-0.25, -0.2) is 4.79 Å². The van der Waals surface area contributed by atoms with Gasteiger partial charge in [0.15, 0.2) is 0 Å². The summed E-state index contributed by atoms with van der Waals surface area (Å²) < 4.78 is 0. The van der Waals surface area contributed by atoms with Crippen molar-refractivity contribution in [2.45, 2.75) is 6.92 Å². The summed E-state index contributed by atoms with van der Waals surface area (Å²) in [5.74, 6) is 2.47. The average Bonchev–Trinajstić information content (AvgIpc) is 2.18. The molecule has 1 rings (SSSR count). The Balaban J connectivity index is 3.05. The van der Waals surface area contributed by atoms with E-state index in [0.29, 0.717) is 5.69 Å². The van der Waals surface area contributed by atoms with Crippen LogP contribution in [0.15, 0.2) is 18.2 Å². The van der Waals surface area contributed by atoms with Crippen molar-refractivity contribution in [3.8, 4) is 17.6 Å². The zero-order valence-corrected chi connectivity index (χ0v) is 8.44. The number of rotatable bonds is 1. The smallest absolute Gasteiger partial charge is 0.382 e. The highest BCUT2D eigenvalue weighted by Gasteiger charge is 2.01. The Kier molecular flexibility index (Phi) is 3.51. The summed E-state index contributed by atoms with van der Waals surface area (Å²) in [7, 11) is 0. The fraction of sp³-hybridized carbons (Fsp3) is 0.0909. The van der Waals surface area contributed by atoms with Crippen molar-refractivity contribution < 1.29 is 19.8 Å². The van der Waals surface area contributed by atoms with Crippen molar-refractivity contribution in [1.29, 1.82) is 0 Å². The molecule has 0 saturated carbocycles. The molecule has 0 atom stereocenters. The Bertz CT molecular complexity index is 496. The molecule has 0 fully saturated rings. The monoisotopic (exact) mass is 219 g/mol. The number of hydrogen-bond donors (Lipinski definition) is 3. The third-order valence-electron chi connectivity index (χ3n) is 1.62. The second-order valence-electron chi connectivity index (χ2n) is 2.97. The number of aromatic hydroxyl groups is 1. The van der Waals surface area contributed by atoms with Crippen molar-refractivity contribution in [2.75, 3.05) is 5.32 Å². The molecule has 0 saturated heterocycles. The van der Waals surface area contributed by atoms with Crippen molar-refractivity contribution in [3.63, 3.8) is 0 Å². The summed E-state index contributed by atoms with van der Waals surface area (Å²) in [6, 6.07) is 4.21. The molecule has 0 aliphatic carbocycles. The highest BCUT2D eigenvalue weighted by atomic mass is 16.4. The van der Waals surface area contributed by atoms with Gasteiger partial charge in [-0.1, -0.05) is 5.92 Å². The minimum atomic E-state index is -1.29. The minimum Gasteiger partial charge on any atom is -0.507 e. The van der Waals surface area contributed by atoms with E-state index >= 15 is 0 Å². The van der Waals surface area contributed by atoms with E-state index < -0.39 is 5.97 Å². The van der Waals surface area contributed by atoms with E-state index in [2.05, 4.69) is 11.2 Å². The fourth-order valence-electron chi connectivity index (χ4n) is 1.04. The molecule has 1 aromatic rings. The third-order valence-corrected chi connectivity index (χ3v) is 1.62. The summed E-state index contributed by atoms with van der Waals surface area (Å²) in [6.45, 7) is 1.34. The van der Waals surface area contributed by atoms with Gasteiger partial charge in [0.1, 0.15) is 5.75 Å². The Hall–Kier alpha value is -2.48. The maximum absolute atomic E-state index is 10.8. The van der Waals surface area contributed by atoms with Crippen LogP contribution in [0.2, 0.25) is 0 Å². The number of benzene rings is 1. The topological polar surface area (TPSA) is 86.6 Å². The molecule has 3 N–H and O–H groups in total. The fourth-order valence-corrected chi connectivity index (χ4v) is 1.04. The molecule has 82 valence electrons. The SMILES string of the molecule is CC(=O)Nc1ccc(O)c(C#CC(=O)O)c1. The molecule has 0 aliphatic rings. The van der Waals surface area contributed by atoms with E-state index in [1.807, 2.05) is 5.92 Å². The lowest BCUT2D eigenvalue weighted by molar-refractivity contribution is -0.130. The maximum atomic E-state index is 10.8. The van der Waals surface area contributed by atoms with Crippen LogP contribution in [-0.2, 0) is 9.59 Å². The van der Waals surface area contributed by atoms with Crippen LogP contribution in [0.25, 0.3) is 0 Å². The summed E-state index contributed by atoms with van der Waals surface area (Å²) in [5.41, 5.74) is 0.591. The van der Waals surface area contributed by atoms with Gasteiger partial charge in [-0.05, 0) is 18.2 Å². The van der Waals surface area contributed by atoms with Gasteiger partial charge in [0.05, 0.1) is 5.56 Å². The number of amides is 1. The molecule has 16 heavy (non-hydrogen) atoms. The number of carbonyl (C=O) groups excluding carboxylic acids is 1. The molecule has 0 aromatic heterocycles. The van der Waals surface area contributed by atoms with Crippen LogP contribution in [0, 0.1) is 11.8 Å². The number of carboxylic acids is 1. The second-order valence-corrected chi connectivity index (χ2v) is 2.97. The Morgan fingerprint density at radius 2 is 2.06 bits per heavy atom. The number of anilines is 1. The van der Waals surface area contributed by atoms with Gasteiger partial charge < -0.3 is 15.5 Å². The number of phenols is 1. The van der Waals surface area contributed by atoms with Crippen LogP contribution in [0.1, 0.15) is 12.5 Å². The van der Waals surface area contributed by atoms with Gasteiger partial charge in [0.25, 0.3) is 0 Å². The van der Waals surface area contributed by atoms with Crippen LogP contribution < -0.4 is 5.32 Å². The first-order chi connectivity index (χ1) is 7.49. The van der Waals surface area contributed by atoms with Crippen molar-refractivity contribution in [1.82, 2.24) is 0 Å². The van der Waals surface area contributed by atoms with Crippen LogP contribution in [0.4, 0.5) is 5.69 Å². The molecule has 5 nitrogen and oxygen atoms in total. The van der Waals surface area contributed by atoms with Gasteiger partial charge in [-0.3, -0.25) is 4.79 Å². The molecule has 0 aliphatic heterocycles. The highest BCUT2D eigenvalue weighted by Crippen LogP contribution is 2.20. The number of nitrogens with one attached hydrogen (secondary N) is 1. The van der Waals surface area contributed by atoms with E-state index in [1.165, 1.54) is 25.1 Å². The van der Waals surface area contributed by atoms with E-state index in [4.69, 9.17) is 5.11 Å². The zero-order valence-electron chi connectivity index (χ0n) is 8.44. The Morgan fingerprint density at radius 1 is 1.38 bits per heavy atom. The average molecular weight is 219 g/mol. The molecule has 0 spiro atoms.